The molecule has 2 amide bonds. The molecule has 0 aliphatic rings. The van der Waals surface area contributed by atoms with Crippen LogP contribution in [0.1, 0.15) is 10.4 Å². The summed E-state index contributed by atoms with van der Waals surface area (Å²) < 4.78 is 0.932. The molecule has 0 aliphatic heterocycles. The monoisotopic (exact) mass is 408 g/mol. The van der Waals surface area contributed by atoms with Crippen LogP contribution in [0.5, 0.6) is 0 Å². The Balaban J connectivity index is 1.65. The second-order valence-electron chi connectivity index (χ2n) is 5.65. The van der Waals surface area contributed by atoms with Crippen LogP contribution in [0.25, 0.3) is 11.1 Å². The van der Waals surface area contributed by atoms with Gasteiger partial charge in [0.15, 0.2) is 0 Å². The lowest BCUT2D eigenvalue weighted by Gasteiger charge is -2.11. The normalized spacial score (nSPS) is 10.2. The summed E-state index contributed by atoms with van der Waals surface area (Å²) in [7, 11) is 0. The second-order valence-corrected chi connectivity index (χ2v) is 6.57. The number of benzene rings is 3. The third-order valence-corrected chi connectivity index (χ3v) is 4.32. The van der Waals surface area contributed by atoms with E-state index in [9.17, 15) is 9.59 Å². The third kappa shape index (κ3) is 4.58. The van der Waals surface area contributed by atoms with Gasteiger partial charge in [0.05, 0.1) is 6.54 Å². The molecule has 2 N–H and O–H groups in total. The highest BCUT2D eigenvalue weighted by molar-refractivity contribution is 9.10. The molecule has 0 bridgehead atoms. The predicted octanol–water partition coefficient (Wildman–Crippen LogP) is 4.48. The first kappa shape index (κ1) is 17.9. The van der Waals surface area contributed by atoms with Crippen LogP contribution < -0.4 is 10.6 Å². The molecule has 3 rings (SSSR count). The number of carbonyl (C=O) groups excluding carboxylic acids is 2. The minimum atomic E-state index is -0.282. The van der Waals surface area contributed by atoms with Crippen LogP contribution in [-0.4, -0.2) is 18.4 Å². The Morgan fingerprint density at radius 3 is 2.19 bits per heavy atom. The van der Waals surface area contributed by atoms with E-state index < -0.39 is 0 Å². The Kier molecular flexibility index (Phi) is 5.81. The Labute approximate surface area is 160 Å². The lowest BCUT2D eigenvalue weighted by Crippen LogP contribution is -2.33. The molecule has 0 aliphatic carbocycles. The van der Waals surface area contributed by atoms with E-state index in [1.165, 1.54) is 0 Å². The summed E-state index contributed by atoms with van der Waals surface area (Å²) in [5.74, 6) is -0.562. The highest BCUT2D eigenvalue weighted by Crippen LogP contribution is 2.23. The maximum absolute atomic E-state index is 12.5. The summed E-state index contributed by atoms with van der Waals surface area (Å²) in [4.78, 5) is 24.6. The van der Waals surface area contributed by atoms with E-state index in [-0.39, 0.29) is 18.4 Å². The number of nitrogens with one attached hydrogen (secondary N) is 2. The van der Waals surface area contributed by atoms with Gasteiger partial charge in [-0.05, 0) is 41.5 Å². The quantitative estimate of drug-likeness (QED) is 0.653. The van der Waals surface area contributed by atoms with Crippen molar-refractivity contribution in [3.63, 3.8) is 0 Å². The molecule has 26 heavy (non-hydrogen) atoms. The summed E-state index contributed by atoms with van der Waals surface area (Å²) in [6, 6.07) is 24.3. The molecular formula is C21H17BrN2O2. The molecule has 0 radical (unpaired) electrons. The van der Waals surface area contributed by atoms with Gasteiger partial charge in [-0.2, -0.15) is 0 Å². The van der Waals surface area contributed by atoms with Gasteiger partial charge in [-0.1, -0.05) is 64.5 Å². The number of rotatable bonds is 5. The number of hydrogen-bond acceptors (Lipinski definition) is 2. The Hall–Kier alpha value is -2.92. The number of carbonyl (C=O) groups is 2. The Morgan fingerprint density at radius 2 is 1.46 bits per heavy atom. The van der Waals surface area contributed by atoms with Crippen molar-refractivity contribution in [2.45, 2.75) is 0 Å². The summed E-state index contributed by atoms with van der Waals surface area (Å²) in [6.45, 7) is -0.0992. The van der Waals surface area contributed by atoms with Crippen LogP contribution in [-0.2, 0) is 4.79 Å². The average molecular weight is 409 g/mol. The Morgan fingerprint density at radius 1 is 0.808 bits per heavy atom. The van der Waals surface area contributed by atoms with Crippen LogP contribution in [0, 0.1) is 0 Å². The van der Waals surface area contributed by atoms with E-state index in [1.54, 1.807) is 18.2 Å². The van der Waals surface area contributed by atoms with Gasteiger partial charge in [-0.15, -0.1) is 0 Å². The van der Waals surface area contributed by atoms with Crippen LogP contribution in [0.2, 0.25) is 0 Å². The zero-order chi connectivity index (χ0) is 18.4. The van der Waals surface area contributed by atoms with Crippen molar-refractivity contribution < 1.29 is 9.59 Å². The van der Waals surface area contributed by atoms with Gasteiger partial charge < -0.3 is 10.6 Å². The first-order valence-electron chi connectivity index (χ1n) is 8.11. The molecule has 0 spiro atoms. The highest BCUT2D eigenvalue weighted by Gasteiger charge is 2.13. The van der Waals surface area contributed by atoms with Crippen LogP contribution in [0.15, 0.2) is 83.3 Å². The summed E-state index contributed by atoms with van der Waals surface area (Å²) in [6.07, 6.45) is 0. The number of halogens is 1. The van der Waals surface area contributed by atoms with E-state index in [2.05, 4.69) is 26.6 Å². The Bertz CT molecular complexity index is 909. The largest absolute Gasteiger partial charge is 0.343 e. The molecule has 0 heterocycles. The van der Waals surface area contributed by atoms with Crippen molar-refractivity contribution in [3.05, 3.63) is 88.9 Å². The topological polar surface area (TPSA) is 58.2 Å². The van der Waals surface area contributed by atoms with Crippen LogP contribution >= 0.6 is 15.9 Å². The maximum atomic E-state index is 12.5. The maximum Gasteiger partial charge on any atom is 0.252 e. The lowest BCUT2D eigenvalue weighted by atomic mass is 9.99. The van der Waals surface area contributed by atoms with Gasteiger partial charge in [0.25, 0.3) is 5.91 Å². The fourth-order valence-electron chi connectivity index (χ4n) is 2.54. The van der Waals surface area contributed by atoms with E-state index in [0.29, 0.717) is 11.3 Å². The number of amides is 2. The molecule has 0 fully saturated rings. The average Bonchev–Trinajstić information content (AvgIpc) is 2.68. The van der Waals surface area contributed by atoms with Gasteiger partial charge in [0, 0.05) is 15.7 Å². The van der Waals surface area contributed by atoms with Crippen LogP contribution in [0.4, 0.5) is 5.69 Å². The van der Waals surface area contributed by atoms with Gasteiger partial charge >= 0.3 is 0 Å². The third-order valence-electron chi connectivity index (χ3n) is 3.79. The molecule has 0 atom stereocenters. The molecule has 0 unspecified atom stereocenters. The first-order valence-corrected chi connectivity index (χ1v) is 8.91. The second kappa shape index (κ2) is 8.45. The van der Waals surface area contributed by atoms with E-state index in [0.717, 1.165) is 15.6 Å². The molecule has 5 heteroatoms. The fraction of sp³-hybridized carbons (Fsp3) is 0.0476. The fourth-order valence-corrected chi connectivity index (χ4v) is 2.81. The first-order chi connectivity index (χ1) is 12.6. The molecule has 0 saturated heterocycles. The predicted molar refractivity (Wildman–Crippen MR) is 107 cm³/mol. The van der Waals surface area contributed by atoms with Gasteiger partial charge in [-0.25, -0.2) is 0 Å². The molecule has 0 saturated carbocycles. The van der Waals surface area contributed by atoms with Gasteiger partial charge in [0.2, 0.25) is 5.91 Å². The van der Waals surface area contributed by atoms with E-state index >= 15 is 0 Å². The van der Waals surface area contributed by atoms with Crippen molar-refractivity contribution >= 4 is 33.4 Å². The van der Waals surface area contributed by atoms with Gasteiger partial charge in [-0.3, -0.25) is 9.59 Å². The molecular weight excluding hydrogens is 392 g/mol. The summed E-state index contributed by atoms with van der Waals surface area (Å²) >= 11 is 3.34. The minimum Gasteiger partial charge on any atom is -0.343 e. The highest BCUT2D eigenvalue weighted by atomic mass is 79.9. The SMILES string of the molecule is O=C(CNC(=O)c1ccccc1-c1ccccc1)Nc1ccc(Br)cc1. The molecule has 3 aromatic carbocycles. The summed E-state index contributed by atoms with van der Waals surface area (Å²) in [5.41, 5.74) is 3.00. The molecule has 3 aromatic rings. The van der Waals surface area contributed by atoms with E-state index in [1.807, 2.05) is 60.7 Å². The smallest absolute Gasteiger partial charge is 0.252 e. The zero-order valence-corrected chi connectivity index (χ0v) is 15.5. The lowest BCUT2D eigenvalue weighted by molar-refractivity contribution is -0.115. The summed E-state index contributed by atoms with van der Waals surface area (Å²) in [5, 5.41) is 5.43. The van der Waals surface area contributed by atoms with Crippen molar-refractivity contribution in [2.75, 3.05) is 11.9 Å². The zero-order valence-electron chi connectivity index (χ0n) is 13.9. The van der Waals surface area contributed by atoms with Crippen molar-refractivity contribution in [1.82, 2.24) is 5.32 Å². The van der Waals surface area contributed by atoms with Crippen molar-refractivity contribution in [2.24, 2.45) is 0 Å². The molecule has 130 valence electrons. The number of anilines is 1. The molecule has 0 aromatic heterocycles. The van der Waals surface area contributed by atoms with Crippen LogP contribution in [0.3, 0.4) is 0 Å². The molecule has 4 nitrogen and oxygen atoms in total. The van der Waals surface area contributed by atoms with E-state index in [4.69, 9.17) is 0 Å². The van der Waals surface area contributed by atoms with Crippen molar-refractivity contribution in [1.29, 1.82) is 0 Å². The van der Waals surface area contributed by atoms with Crippen molar-refractivity contribution in [3.8, 4) is 11.1 Å². The standard InChI is InChI=1S/C21H17BrN2O2/c22-16-10-12-17(13-11-16)24-20(25)14-23-21(26)19-9-5-4-8-18(19)15-6-2-1-3-7-15/h1-13H,14H2,(H,23,26)(H,24,25). The minimum absolute atomic E-state index is 0.0992. The number of hydrogen-bond donors (Lipinski definition) is 2. The van der Waals surface area contributed by atoms with Gasteiger partial charge in [0.1, 0.15) is 0 Å².